The summed E-state index contributed by atoms with van der Waals surface area (Å²) in [5.41, 5.74) is 4.50. The number of benzene rings is 2. The van der Waals surface area contributed by atoms with E-state index in [0.717, 1.165) is 21.7 Å². The van der Waals surface area contributed by atoms with Gasteiger partial charge in [0.25, 0.3) is 5.91 Å². The van der Waals surface area contributed by atoms with Crippen LogP contribution in [-0.2, 0) is 13.6 Å². The lowest BCUT2D eigenvalue weighted by Gasteiger charge is -2.34. The largest absolute Gasteiger partial charge is 0.331 e. The Balaban J connectivity index is 1.46. The summed E-state index contributed by atoms with van der Waals surface area (Å²) >= 11 is 1.34. The zero-order valence-electron chi connectivity index (χ0n) is 15.9. The molecule has 6 nitrogen and oxygen atoms in total. The van der Waals surface area contributed by atoms with E-state index in [2.05, 4.69) is 33.5 Å². The van der Waals surface area contributed by atoms with Crippen LogP contribution in [0.5, 0.6) is 0 Å². The molecule has 4 aromatic rings. The van der Waals surface area contributed by atoms with Gasteiger partial charge in [0.05, 0.1) is 6.20 Å². The highest BCUT2D eigenvalue weighted by molar-refractivity contribution is 7.16. The Bertz CT molecular complexity index is 1170. The molecule has 1 unspecified atom stereocenters. The normalized spacial score (nSPS) is 15.9. The standard InChI is InChI=1S/C22H19N5OS/c1-26-12-17(11-23-26)19-14-27(13-16-9-5-6-10-18(16)19)22(28)21-25-24-20(29-21)15-7-3-2-4-8-15/h2-12,19H,13-14H2,1H3. The van der Waals surface area contributed by atoms with E-state index in [-0.39, 0.29) is 11.8 Å². The number of nitrogens with zero attached hydrogens (tertiary/aromatic N) is 5. The minimum Gasteiger partial charge on any atom is -0.331 e. The number of carbonyl (C=O) groups excluding carboxylic acids is 1. The third-order valence-electron chi connectivity index (χ3n) is 5.24. The fraction of sp³-hybridized carbons (Fsp3) is 0.182. The number of hydrogen-bond donors (Lipinski definition) is 0. The van der Waals surface area contributed by atoms with Gasteiger partial charge in [-0.1, -0.05) is 65.9 Å². The van der Waals surface area contributed by atoms with E-state index in [1.807, 2.05) is 60.7 Å². The Morgan fingerprint density at radius 3 is 2.66 bits per heavy atom. The van der Waals surface area contributed by atoms with Crippen LogP contribution in [0.15, 0.2) is 67.0 Å². The second-order valence-corrected chi connectivity index (χ2v) is 8.14. The van der Waals surface area contributed by atoms with E-state index in [9.17, 15) is 4.79 Å². The van der Waals surface area contributed by atoms with Crippen molar-refractivity contribution in [2.45, 2.75) is 12.5 Å². The molecule has 0 aliphatic carbocycles. The van der Waals surface area contributed by atoms with Crippen LogP contribution < -0.4 is 0 Å². The first-order chi connectivity index (χ1) is 14.2. The molecule has 5 rings (SSSR count). The van der Waals surface area contributed by atoms with Crippen LogP contribution in [0.1, 0.15) is 32.4 Å². The second kappa shape index (κ2) is 7.25. The molecule has 1 atom stereocenters. The molecule has 2 aromatic heterocycles. The maximum absolute atomic E-state index is 13.2. The number of hydrogen-bond acceptors (Lipinski definition) is 5. The molecule has 0 spiro atoms. The summed E-state index contributed by atoms with van der Waals surface area (Å²) < 4.78 is 1.80. The summed E-state index contributed by atoms with van der Waals surface area (Å²) in [7, 11) is 1.91. The minimum atomic E-state index is -0.0759. The highest BCUT2D eigenvalue weighted by Gasteiger charge is 2.31. The molecule has 1 aliphatic rings. The average molecular weight is 401 g/mol. The van der Waals surface area contributed by atoms with Crippen LogP contribution >= 0.6 is 11.3 Å². The van der Waals surface area contributed by atoms with E-state index in [4.69, 9.17) is 0 Å². The molecule has 0 fully saturated rings. The van der Waals surface area contributed by atoms with E-state index in [0.29, 0.717) is 18.1 Å². The second-order valence-electron chi connectivity index (χ2n) is 7.16. The molecular formula is C22H19N5OS. The molecule has 144 valence electrons. The molecular weight excluding hydrogens is 382 g/mol. The van der Waals surface area contributed by atoms with Gasteiger partial charge in [-0.25, -0.2) is 0 Å². The summed E-state index contributed by atoms with van der Waals surface area (Å²) in [4.78, 5) is 15.1. The van der Waals surface area contributed by atoms with E-state index in [1.54, 1.807) is 4.68 Å². The van der Waals surface area contributed by atoms with Gasteiger partial charge in [0, 0.05) is 37.8 Å². The molecule has 7 heteroatoms. The van der Waals surface area contributed by atoms with Crippen molar-refractivity contribution in [3.63, 3.8) is 0 Å². The average Bonchev–Trinajstić information content (AvgIpc) is 3.42. The summed E-state index contributed by atoms with van der Waals surface area (Å²) in [6.07, 6.45) is 3.90. The van der Waals surface area contributed by atoms with Crippen molar-refractivity contribution in [2.75, 3.05) is 6.54 Å². The van der Waals surface area contributed by atoms with Crippen molar-refractivity contribution < 1.29 is 4.79 Å². The monoisotopic (exact) mass is 401 g/mol. The van der Waals surface area contributed by atoms with Gasteiger partial charge in [-0.05, 0) is 16.7 Å². The van der Waals surface area contributed by atoms with Crippen LogP contribution in [0.2, 0.25) is 0 Å². The summed E-state index contributed by atoms with van der Waals surface area (Å²) in [5, 5.41) is 13.9. The van der Waals surface area contributed by atoms with Gasteiger partial charge in [0.2, 0.25) is 5.01 Å². The van der Waals surface area contributed by atoms with Crippen molar-refractivity contribution in [1.82, 2.24) is 24.9 Å². The predicted octanol–water partition coefficient (Wildman–Crippen LogP) is 3.73. The highest BCUT2D eigenvalue weighted by Crippen LogP contribution is 2.34. The zero-order valence-corrected chi connectivity index (χ0v) is 16.7. The van der Waals surface area contributed by atoms with Crippen molar-refractivity contribution in [1.29, 1.82) is 0 Å². The Hall–Kier alpha value is -3.32. The minimum absolute atomic E-state index is 0.0759. The van der Waals surface area contributed by atoms with Crippen molar-refractivity contribution in [3.05, 3.63) is 88.7 Å². The highest BCUT2D eigenvalue weighted by atomic mass is 32.1. The molecule has 1 aliphatic heterocycles. The first-order valence-electron chi connectivity index (χ1n) is 9.43. The Kier molecular flexibility index (Phi) is 4.44. The van der Waals surface area contributed by atoms with E-state index >= 15 is 0 Å². The molecule has 0 saturated heterocycles. The maximum Gasteiger partial charge on any atom is 0.285 e. The molecule has 2 aromatic carbocycles. The van der Waals surface area contributed by atoms with Gasteiger partial charge >= 0.3 is 0 Å². The van der Waals surface area contributed by atoms with Gasteiger partial charge in [0.15, 0.2) is 0 Å². The predicted molar refractivity (Wildman–Crippen MR) is 112 cm³/mol. The van der Waals surface area contributed by atoms with Gasteiger partial charge < -0.3 is 4.90 Å². The Labute approximate surface area is 172 Å². The fourth-order valence-corrected chi connectivity index (χ4v) is 4.63. The van der Waals surface area contributed by atoms with E-state index in [1.165, 1.54) is 16.9 Å². The summed E-state index contributed by atoms with van der Waals surface area (Å²) in [6.45, 7) is 1.17. The number of fused-ring (bicyclic) bond motifs is 1. The molecule has 3 heterocycles. The fourth-order valence-electron chi connectivity index (χ4n) is 3.81. The first kappa shape index (κ1) is 17.8. The van der Waals surface area contributed by atoms with Gasteiger partial charge in [0.1, 0.15) is 5.01 Å². The smallest absolute Gasteiger partial charge is 0.285 e. The van der Waals surface area contributed by atoms with Crippen molar-refractivity contribution in [2.24, 2.45) is 7.05 Å². The van der Waals surface area contributed by atoms with Gasteiger partial charge in [-0.3, -0.25) is 9.48 Å². The molecule has 0 radical (unpaired) electrons. The Morgan fingerprint density at radius 1 is 1.07 bits per heavy atom. The van der Waals surface area contributed by atoms with Gasteiger partial charge in [-0.15, -0.1) is 10.2 Å². The lowest BCUT2D eigenvalue weighted by Crippen LogP contribution is -2.38. The van der Waals surface area contributed by atoms with Crippen LogP contribution in [0.25, 0.3) is 10.6 Å². The zero-order chi connectivity index (χ0) is 19.8. The number of rotatable bonds is 3. The first-order valence-corrected chi connectivity index (χ1v) is 10.3. The third-order valence-corrected chi connectivity index (χ3v) is 6.20. The van der Waals surface area contributed by atoms with Crippen LogP contribution in [-0.4, -0.2) is 37.3 Å². The van der Waals surface area contributed by atoms with E-state index < -0.39 is 0 Å². The number of aromatic nitrogens is 4. The third kappa shape index (κ3) is 3.34. The molecule has 1 amide bonds. The van der Waals surface area contributed by atoms with Crippen LogP contribution in [0, 0.1) is 0 Å². The number of aryl methyl sites for hydroxylation is 1. The quantitative estimate of drug-likeness (QED) is 0.525. The summed E-state index contributed by atoms with van der Waals surface area (Å²) in [5.74, 6) is 0.0205. The summed E-state index contributed by atoms with van der Waals surface area (Å²) in [6, 6.07) is 18.1. The molecule has 29 heavy (non-hydrogen) atoms. The van der Waals surface area contributed by atoms with Crippen LogP contribution in [0.3, 0.4) is 0 Å². The number of carbonyl (C=O) groups is 1. The topological polar surface area (TPSA) is 63.9 Å². The number of amides is 1. The SMILES string of the molecule is Cn1cc(C2CN(C(=O)c3nnc(-c4ccccc4)s3)Cc3ccccc32)cn1. The molecule has 0 bridgehead atoms. The molecule has 0 saturated carbocycles. The van der Waals surface area contributed by atoms with Crippen molar-refractivity contribution in [3.8, 4) is 10.6 Å². The van der Waals surface area contributed by atoms with Gasteiger partial charge in [-0.2, -0.15) is 5.10 Å². The lowest BCUT2D eigenvalue weighted by atomic mass is 9.86. The lowest BCUT2D eigenvalue weighted by molar-refractivity contribution is 0.0723. The molecule has 0 N–H and O–H groups in total. The van der Waals surface area contributed by atoms with Crippen LogP contribution in [0.4, 0.5) is 0 Å². The Morgan fingerprint density at radius 2 is 1.86 bits per heavy atom. The maximum atomic E-state index is 13.2. The van der Waals surface area contributed by atoms with Crippen molar-refractivity contribution >= 4 is 17.2 Å².